The molecule has 1 saturated carbocycles. The van der Waals surface area contributed by atoms with Gasteiger partial charge >= 0.3 is 0 Å². The highest BCUT2D eigenvalue weighted by Crippen LogP contribution is 2.45. The molecule has 1 aromatic heterocycles. The molecule has 0 bridgehead atoms. The second kappa shape index (κ2) is 8.00. The third-order valence-electron chi connectivity index (χ3n) is 5.93. The van der Waals surface area contributed by atoms with E-state index >= 15 is 0 Å². The second-order valence-electron chi connectivity index (χ2n) is 7.84. The minimum absolute atomic E-state index is 0.0511. The lowest BCUT2D eigenvalue weighted by Gasteiger charge is -2.29. The van der Waals surface area contributed by atoms with Crippen molar-refractivity contribution in [3.05, 3.63) is 93.4 Å². The summed E-state index contributed by atoms with van der Waals surface area (Å²) in [5.41, 5.74) is 7.13. The van der Waals surface area contributed by atoms with Crippen LogP contribution in [0.5, 0.6) is 0 Å². The monoisotopic (exact) mass is 413 g/mol. The Bertz CT molecular complexity index is 1120. The van der Waals surface area contributed by atoms with Crippen LogP contribution in [-0.4, -0.2) is 21.6 Å². The van der Waals surface area contributed by atoms with Gasteiger partial charge in [-0.05, 0) is 49.0 Å². The summed E-state index contributed by atoms with van der Waals surface area (Å²) in [7, 11) is 0. The van der Waals surface area contributed by atoms with Crippen molar-refractivity contribution in [2.24, 2.45) is 11.0 Å². The molecule has 0 saturated heterocycles. The molecule has 30 heavy (non-hydrogen) atoms. The zero-order valence-electron chi connectivity index (χ0n) is 16.9. The summed E-state index contributed by atoms with van der Waals surface area (Å²) in [6.45, 7) is 1.89. The first-order valence-electron chi connectivity index (χ1n) is 10.4. The lowest BCUT2D eigenvalue weighted by atomic mass is 9.77. The van der Waals surface area contributed by atoms with E-state index in [9.17, 15) is 4.79 Å². The summed E-state index contributed by atoms with van der Waals surface area (Å²) >= 11 is 1.39. The largest absolute Gasteiger partial charge is 0.286 e. The van der Waals surface area contributed by atoms with Gasteiger partial charge in [-0.15, -0.1) is 11.3 Å². The number of hydrazone groups is 1. The molecule has 150 valence electrons. The minimum Gasteiger partial charge on any atom is -0.266 e. The lowest BCUT2D eigenvalue weighted by molar-refractivity contribution is 0.0685. The molecule has 1 aliphatic carbocycles. The van der Waals surface area contributed by atoms with Gasteiger partial charge in [0.25, 0.3) is 5.91 Å². The number of carbonyl (C=O) groups is 1. The van der Waals surface area contributed by atoms with E-state index in [0.717, 1.165) is 36.2 Å². The van der Waals surface area contributed by atoms with Gasteiger partial charge in [0.05, 0.1) is 23.0 Å². The fraction of sp³-hybridized carbons (Fsp3) is 0.240. The summed E-state index contributed by atoms with van der Waals surface area (Å²) in [5, 5.41) is 6.68. The highest BCUT2D eigenvalue weighted by Gasteiger charge is 2.44. The number of carbonyl (C=O) groups excluding carboxylic acids is 1. The van der Waals surface area contributed by atoms with Gasteiger partial charge in [-0.25, -0.2) is 9.99 Å². The molecule has 0 spiro atoms. The predicted molar refractivity (Wildman–Crippen MR) is 121 cm³/mol. The standard InChI is InChI=1S/C25H23N3OS/c1-17-24(30-16-26-17)25(29)28-23(19-11-6-3-7-12-19)21-14-8-13-20(22(21)27-28)15-18-9-4-2-5-10-18/h2-7,9-12,15-16,21,23H,8,13-14H2,1H3/b20-15-/t21-,23+/m0/s1. The molecule has 5 heteroatoms. The normalized spacial score (nSPS) is 22.1. The Morgan fingerprint density at radius 3 is 2.53 bits per heavy atom. The number of thiazole rings is 1. The maximum Gasteiger partial charge on any atom is 0.286 e. The van der Waals surface area contributed by atoms with Crippen LogP contribution in [0.2, 0.25) is 0 Å². The molecule has 2 aromatic carbocycles. The van der Waals surface area contributed by atoms with Gasteiger partial charge in [-0.3, -0.25) is 4.79 Å². The van der Waals surface area contributed by atoms with E-state index in [-0.39, 0.29) is 17.9 Å². The Balaban J connectivity index is 1.59. The van der Waals surface area contributed by atoms with Crippen molar-refractivity contribution in [2.45, 2.75) is 32.2 Å². The molecule has 2 heterocycles. The molecular formula is C25H23N3OS. The van der Waals surface area contributed by atoms with Crippen LogP contribution in [0.25, 0.3) is 6.08 Å². The molecule has 0 N–H and O–H groups in total. The van der Waals surface area contributed by atoms with Crippen molar-refractivity contribution in [2.75, 3.05) is 0 Å². The van der Waals surface area contributed by atoms with E-state index in [1.807, 2.05) is 31.2 Å². The molecule has 5 rings (SSSR count). The average molecular weight is 414 g/mol. The molecule has 1 aliphatic heterocycles. The number of rotatable bonds is 3. The number of aryl methyl sites for hydroxylation is 1. The summed E-state index contributed by atoms with van der Waals surface area (Å²) in [5.74, 6) is 0.165. The lowest BCUT2D eigenvalue weighted by Crippen LogP contribution is -2.31. The first-order valence-corrected chi connectivity index (χ1v) is 11.2. The maximum absolute atomic E-state index is 13.5. The van der Waals surface area contributed by atoms with E-state index < -0.39 is 0 Å². The van der Waals surface area contributed by atoms with Crippen LogP contribution in [0, 0.1) is 12.8 Å². The van der Waals surface area contributed by atoms with Crippen LogP contribution >= 0.6 is 11.3 Å². The number of nitrogens with zero attached hydrogens (tertiary/aromatic N) is 3. The van der Waals surface area contributed by atoms with Gasteiger partial charge in [-0.1, -0.05) is 60.7 Å². The molecule has 1 amide bonds. The zero-order valence-corrected chi connectivity index (χ0v) is 17.7. The Labute approximate surface area is 180 Å². The zero-order chi connectivity index (χ0) is 20.5. The van der Waals surface area contributed by atoms with Crippen LogP contribution in [0.3, 0.4) is 0 Å². The molecule has 0 unspecified atom stereocenters. The van der Waals surface area contributed by atoms with Crippen LogP contribution in [0.1, 0.15) is 51.8 Å². The molecule has 1 fully saturated rings. The Kier molecular flexibility index (Phi) is 5.05. The number of allylic oxidation sites excluding steroid dienone is 1. The highest BCUT2D eigenvalue weighted by atomic mass is 32.1. The Morgan fingerprint density at radius 2 is 1.83 bits per heavy atom. The number of aromatic nitrogens is 1. The molecule has 4 nitrogen and oxygen atoms in total. The number of hydrogen-bond donors (Lipinski definition) is 0. The van der Waals surface area contributed by atoms with Gasteiger partial charge in [0.2, 0.25) is 0 Å². The van der Waals surface area contributed by atoms with Gasteiger partial charge in [-0.2, -0.15) is 5.10 Å². The fourth-order valence-electron chi connectivity index (χ4n) is 4.51. The van der Waals surface area contributed by atoms with Gasteiger partial charge in [0.15, 0.2) is 0 Å². The van der Waals surface area contributed by atoms with Crippen molar-refractivity contribution in [3.63, 3.8) is 0 Å². The van der Waals surface area contributed by atoms with Gasteiger partial charge in [0.1, 0.15) is 4.88 Å². The van der Waals surface area contributed by atoms with Crippen molar-refractivity contribution >= 4 is 29.0 Å². The summed E-state index contributed by atoms with van der Waals surface area (Å²) < 4.78 is 0. The molecule has 2 aliphatic rings. The van der Waals surface area contributed by atoms with E-state index in [0.29, 0.717) is 4.88 Å². The quantitative estimate of drug-likeness (QED) is 0.537. The van der Waals surface area contributed by atoms with Crippen molar-refractivity contribution in [1.29, 1.82) is 0 Å². The van der Waals surface area contributed by atoms with E-state index in [1.54, 1.807) is 10.5 Å². The van der Waals surface area contributed by atoms with E-state index in [2.05, 4.69) is 47.5 Å². The molecule has 3 aromatic rings. The van der Waals surface area contributed by atoms with Gasteiger partial charge < -0.3 is 0 Å². The summed E-state index contributed by atoms with van der Waals surface area (Å²) in [6.07, 6.45) is 5.37. The average Bonchev–Trinajstić information content (AvgIpc) is 3.39. The predicted octanol–water partition coefficient (Wildman–Crippen LogP) is 5.89. The minimum atomic E-state index is -0.0744. The topological polar surface area (TPSA) is 45.6 Å². The highest BCUT2D eigenvalue weighted by molar-refractivity contribution is 7.11. The van der Waals surface area contributed by atoms with E-state index in [4.69, 9.17) is 5.10 Å². The third kappa shape index (κ3) is 3.39. The number of fused-ring (bicyclic) bond motifs is 1. The van der Waals surface area contributed by atoms with Crippen molar-refractivity contribution < 1.29 is 4.79 Å². The first-order chi connectivity index (χ1) is 14.7. The Hall–Kier alpha value is -3.05. The van der Waals surface area contributed by atoms with Gasteiger partial charge in [0, 0.05) is 5.92 Å². The van der Waals surface area contributed by atoms with Crippen molar-refractivity contribution in [3.8, 4) is 0 Å². The maximum atomic E-state index is 13.5. The van der Waals surface area contributed by atoms with Crippen LogP contribution < -0.4 is 0 Å². The number of hydrogen-bond acceptors (Lipinski definition) is 4. The molecular weight excluding hydrogens is 390 g/mol. The number of amides is 1. The SMILES string of the molecule is Cc1ncsc1C(=O)N1N=C2/C(=C\c3ccccc3)CCC[C@@H]2[C@H]1c1ccccc1. The summed E-state index contributed by atoms with van der Waals surface area (Å²) in [4.78, 5) is 18.4. The first kappa shape index (κ1) is 18.9. The Morgan fingerprint density at radius 1 is 1.10 bits per heavy atom. The molecule has 2 atom stereocenters. The number of benzene rings is 2. The smallest absolute Gasteiger partial charge is 0.266 e. The van der Waals surface area contributed by atoms with Crippen molar-refractivity contribution in [1.82, 2.24) is 9.99 Å². The summed E-state index contributed by atoms with van der Waals surface area (Å²) in [6, 6.07) is 20.6. The molecule has 0 radical (unpaired) electrons. The second-order valence-corrected chi connectivity index (χ2v) is 8.69. The van der Waals surface area contributed by atoms with Crippen LogP contribution in [0.4, 0.5) is 0 Å². The van der Waals surface area contributed by atoms with E-state index in [1.165, 1.54) is 22.5 Å². The fourth-order valence-corrected chi connectivity index (χ4v) is 5.25. The third-order valence-corrected chi connectivity index (χ3v) is 6.85. The van der Waals surface area contributed by atoms with Crippen LogP contribution in [0.15, 0.2) is 76.8 Å². The van der Waals surface area contributed by atoms with Crippen LogP contribution in [-0.2, 0) is 0 Å².